The molecule has 0 spiro atoms. The van der Waals surface area contributed by atoms with Crippen LogP contribution in [-0.2, 0) is 11.2 Å². The summed E-state index contributed by atoms with van der Waals surface area (Å²) < 4.78 is 10.0. The van der Waals surface area contributed by atoms with Gasteiger partial charge < -0.3 is 14.6 Å². The number of aliphatic hydroxyl groups excluding tert-OH is 1. The van der Waals surface area contributed by atoms with Crippen LogP contribution in [0.2, 0.25) is 5.15 Å². The van der Waals surface area contributed by atoms with E-state index >= 15 is 0 Å². The lowest BCUT2D eigenvalue weighted by molar-refractivity contribution is 0.0500. The van der Waals surface area contributed by atoms with Crippen LogP contribution < -0.4 is 4.74 Å². The lowest BCUT2D eigenvalue weighted by atomic mass is 10.2. The molecule has 0 atom stereocenters. The van der Waals surface area contributed by atoms with E-state index in [1.54, 1.807) is 12.3 Å². The van der Waals surface area contributed by atoms with Crippen molar-refractivity contribution >= 4 is 11.6 Å². The SMILES string of the molecule is COCOc1c(CCO)ccnc1Cl. The normalized spacial score (nSPS) is 10.2. The molecule has 5 heteroatoms. The van der Waals surface area contributed by atoms with Crippen molar-refractivity contribution in [3.63, 3.8) is 0 Å². The molecule has 1 rings (SSSR count). The number of rotatable bonds is 5. The van der Waals surface area contributed by atoms with Crippen molar-refractivity contribution in [3.05, 3.63) is 23.0 Å². The van der Waals surface area contributed by atoms with Crippen molar-refractivity contribution in [3.8, 4) is 5.75 Å². The van der Waals surface area contributed by atoms with Gasteiger partial charge in [0.25, 0.3) is 0 Å². The Balaban J connectivity index is 2.84. The van der Waals surface area contributed by atoms with Crippen molar-refractivity contribution in [2.45, 2.75) is 6.42 Å². The second kappa shape index (κ2) is 5.80. The largest absolute Gasteiger partial charge is 0.464 e. The Kier molecular flexibility index (Phi) is 4.65. The first-order chi connectivity index (χ1) is 6.79. The summed E-state index contributed by atoms with van der Waals surface area (Å²) in [7, 11) is 1.52. The highest BCUT2D eigenvalue weighted by Crippen LogP contribution is 2.26. The average molecular weight is 218 g/mol. The van der Waals surface area contributed by atoms with Crippen LogP contribution in [0.5, 0.6) is 5.75 Å². The Morgan fingerprint density at radius 1 is 1.57 bits per heavy atom. The molecule has 1 aromatic rings. The highest BCUT2D eigenvalue weighted by molar-refractivity contribution is 6.30. The first kappa shape index (κ1) is 11.2. The zero-order valence-corrected chi connectivity index (χ0v) is 8.62. The summed E-state index contributed by atoms with van der Waals surface area (Å²) in [6.45, 7) is 0.160. The minimum Gasteiger partial charge on any atom is -0.464 e. The average Bonchev–Trinajstić information content (AvgIpc) is 2.18. The van der Waals surface area contributed by atoms with Gasteiger partial charge in [0.15, 0.2) is 17.7 Å². The number of pyridine rings is 1. The number of hydrogen-bond acceptors (Lipinski definition) is 4. The van der Waals surface area contributed by atoms with Crippen LogP contribution in [0.4, 0.5) is 0 Å². The van der Waals surface area contributed by atoms with E-state index in [9.17, 15) is 0 Å². The maximum Gasteiger partial charge on any atom is 0.188 e. The molecule has 0 saturated carbocycles. The van der Waals surface area contributed by atoms with Crippen molar-refractivity contribution in [2.24, 2.45) is 0 Å². The smallest absolute Gasteiger partial charge is 0.188 e. The highest BCUT2D eigenvalue weighted by Gasteiger charge is 2.08. The molecular formula is C9H12ClNO3. The maximum absolute atomic E-state index is 8.81. The fraction of sp³-hybridized carbons (Fsp3) is 0.444. The van der Waals surface area contributed by atoms with Crippen molar-refractivity contribution in [1.29, 1.82) is 0 Å². The Bertz CT molecular complexity index is 293. The third-order valence-electron chi connectivity index (χ3n) is 1.64. The van der Waals surface area contributed by atoms with Gasteiger partial charge in [-0.1, -0.05) is 11.6 Å². The molecule has 4 nitrogen and oxygen atoms in total. The predicted octanol–water partition coefficient (Wildman–Crippen LogP) is 1.25. The zero-order chi connectivity index (χ0) is 10.4. The van der Waals surface area contributed by atoms with E-state index in [1.807, 2.05) is 0 Å². The maximum atomic E-state index is 8.81. The number of aliphatic hydroxyl groups is 1. The monoisotopic (exact) mass is 217 g/mol. The zero-order valence-electron chi connectivity index (χ0n) is 7.86. The third kappa shape index (κ3) is 2.83. The van der Waals surface area contributed by atoms with Crippen LogP contribution in [0, 0.1) is 0 Å². The Labute approximate surface area is 87.4 Å². The van der Waals surface area contributed by atoms with E-state index in [1.165, 1.54) is 7.11 Å². The molecule has 0 radical (unpaired) electrons. The second-order valence-corrected chi connectivity index (χ2v) is 2.97. The van der Waals surface area contributed by atoms with Gasteiger partial charge in [0.2, 0.25) is 0 Å². The van der Waals surface area contributed by atoms with Crippen molar-refractivity contribution in [1.82, 2.24) is 4.98 Å². The summed E-state index contributed by atoms with van der Waals surface area (Å²) in [5.41, 5.74) is 0.824. The summed E-state index contributed by atoms with van der Waals surface area (Å²) in [4.78, 5) is 3.88. The van der Waals surface area contributed by atoms with Gasteiger partial charge in [-0.25, -0.2) is 4.98 Å². The van der Waals surface area contributed by atoms with Gasteiger partial charge >= 0.3 is 0 Å². The van der Waals surface area contributed by atoms with E-state index in [4.69, 9.17) is 26.2 Å². The number of aromatic nitrogens is 1. The molecule has 1 N–H and O–H groups in total. The standard InChI is InChI=1S/C9H12ClNO3/c1-13-6-14-8-7(3-5-12)2-4-11-9(8)10/h2,4,12H,3,5-6H2,1H3. The minimum absolute atomic E-state index is 0.0453. The summed E-state index contributed by atoms with van der Waals surface area (Å²) >= 11 is 5.83. The number of hydrogen-bond donors (Lipinski definition) is 1. The van der Waals surface area contributed by atoms with Crippen LogP contribution in [0.1, 0.15) is 5.56 Å². The molecule has 0 aliphatic carbocycles. The molecule has 0 aliphatic rings. The van der Waals surface area contributed by atoms with Gasteiger partial charge in [-0.3, -0.25) is 0 Å². The van der Waals surface area contributed by atoms with E-state index in [0.717, 1.165) is 5.56 Å². The molecule has 1 heterocycles. The molecule has 0 aromatic carbocycles. The lowest BCUT2D eigenvalue weighted by Crippen LogP contribution is -2.04. The molecule has 0 unspecified atom stereocenters. The minimum atomic E-state index is 0.0453. The van der Waals surface area contributed by atoms with Crippen LogP contribution in [0.3, 0.4) is 0 Å². The highest BCUT2D eigenvalue weighted by atomic mass is 35.5. The molecule has 0 aliphatic heterocycles. The predicted molar refractivity (Wildman–Crippen MR) is 52.5 cm³/mol. The number of ether oxygens (including phenoxy) is 2. The molecular weight excluding hydrogens is 206 g/mol. The van der Waals surface area contributed by atoms with Crippen LogP contribution in [0.25, 0.3) is 0 Å². The third-order valence-corrected chi connectivity index (χ3v) is 1.91. The van der Waals surface area contributed by atoms with Crippen LogP contribution in [0.15, 0.2) is 12.3 Å². The van der Waals surface area contributed by atoms with Gasteiger partial charge in [0.1, 0.15) is 0 Å². The summed E-state index contributed by atoms with van der Waals surface area (Å²) in [5.74, 6) is 0.477. The fourth-order valence-electron chi connectivity index (χ4n) is 1.05. The van der Waals surface area contributed by atoms with Crippen molar-refractivity contribution in [2.75, 3.05) is 20.5 Å². The van der Waals surface area contributed by atoms with E-state index in [-0.39, 0.29) is 18.6 Å². The van der Waals surface area contributed by atoms with Crippen LogP contribution in [-0.4, -0.2) is 30.6 Å². The van der Waals surface area contributed by atoms with Gasteiger partial charge in [-0.2, -0.15) is 0 Å². The summed E-state index contributed by atoms with van der Waals surface area (Å²) in [6, 6.07) is 1.76. The molecule has 0 fully saturated rings. The first-order valence-electron chi connectivity index (χ1n) is 4.15. The van der Waals surface area contributed by atoms with Gasteiger partial charge in [0.05, 0.1) is 0 Å². The molecule has 78 valence electrons. The Morgan fingerprint density at radius 3 is 3.00 bits per heavy atom. The Hall–Kier alpha value is -0.840. The van der Waals surface area contributed by atoms with E-state index < -0.39 is 0 Å². The quantitative estimate of drug-likeness (QED) is 0.596. The number of nitrogens with zero attached hydrogens (tertiary/aromatic N) is 1. The molecule has 0 bridgehead atoms. The second-order valence-electron chi connectivity index (χ2n) is 2.61. The molecule has 0 amide bonds. The fourth-order valence-corrected chi connectivity index (χ4v) is 1.28. The summed E-state index contributed by atoms with van der Waals surface area (Å²) in [5, 5.41) is 9.10. The van der Waals surface area contributed by atoms with Gasteiger partial charge in [-0.05, 0) is 12.5 Å². The van der Waals surface area contributed by atoms with Crippen molar-refractivity contribution < 1.29 is 14.6 Å². The number of halogens is 1. The number of methoxy groups -OCH3 is 1. The van der Waals surface area contributed by atoms with E-state index in [2.05, 4.69) is 4.98 Å². The van der Waals surface area contributed by atoms with Gasteiger partial charge in [0, 0.05) is 25.5 Å². The molecule has 14 heavy (non-hydrogen) atoms. The lowest BCUT2D eigenvalue weighted by Gasteiger charge is -2.10. The summed E-state index contributed by atoms with van der Waals surface area (Å²) in [6.07, 6.45) is 2.06. The Morgan fingerprint density at radius 2 is 2.36 bits per heavy atom. The molecule has 0 saturated heterocycles. The first-order valence-corrected chi connectivity index (χ1v) is 4.53. The molecule has 1 aromatic heterocycles. The van der Waals surface area contributed by atoms with Crippen LogP contribution >= 0.6 is 11.6 Å². The topological polar surface area (TPSA) is 51.6 Å². The van der Waals surface area contributed by atoms with E-state index in [0.29, 0.717) is 12.2 Å². The van der Waals surface area contributed by atoms with Gasteiger partial charge in [-0.15, -0.1) is 0 Å².